The van der Waals surface area contributed by atoms with Crippen LogP contribution in [0.15, 0.2) is 48.3 Å². The first-order valence-corrected chi connectivity index (χ1v) is 8.30. The van der Waals surface area contributed by atoms with E-state index < -0.39 is 0 Å². The highest BCUT2D eigenvalue weighted by molar-refractivity contribution is 5.46. The van der Waals surface area contributed by atoms with Crippen LogP contribution in [0.1, 0.15) is 6.42 Å². The molecule has 1 aromatic carbocycles. The second-order valence-corrected chi connectivity index (χ2v) is 6.21. The van der Waals surface area contributed by atoms with Crippen molar-refractivity contribution in [3.8, 4) is 0 Å². The van der Waals surface area contributed by atoms with Crippen LogP contribution < -0.4 is 10.6 Å². The van der Waals surface area contributed by atoms with E-state index >= 15 is 0 Å². The quantitative estimate of drug-likeness (QED) is 0.901. The van der Waals surface area contributed by atoms with E-state index in [1.165, 1.54) is 12.1 Å². The van der Waals surface area contributed by atoms with Crippen molar-refractivity contribution >= 4 is 5.69 Å². The summed E-state index contributed by atoms with van der Waals surface area (Å²) < 4.78 is 13.0. The van der Waals surface area contributed by atoms with Crippen LogP contribution in [0.25, 0.3) is 0 Å². The zero-order valence-corrected chi connectivity index (χ0v) is 13.5. The van der Waals surface area contributed by atoms with Crippen LogP contribution in [0.5, 0.6) is 0 Å². The highest BCUT2D eigenvalue weighted by Crippen LogP contribution is 2.17. The highest BCUT2D eigenvalue weighted by atomic mass is 19.1. The molecule has 1 aromatic rings. The van der Waals surface area contributed by atoms with Crippen molar-refractivity contribution in [3.05, 3.63) is 54.1 Å². The second-order valence-electron chi connectivity index (χ2n) is 6.21. The van der Waals surface area contributed by atoms with Crippen molar-refractivity contribution in [3.63, 3.8) is 0 Å². The van der Waals surface area contributed by atoms with Gasteiger partial charge in [0.1, 0.15) is 5.82 Å². The number of rotatable bonds is 5. The van der Waals surface area contributed by atoms with E-state index in [1.807, 2.05) is 24.3 Å². The van der Waals surface area contributed by atoms with Gasteiger partial charge in [-0.25, -0.2) is 4.39 Å². The summed E-state index contributed by atoms with van der Waals surface area (Å²) in [6.45, 7) is 7.14. The molecule has 2 aliphatic rings. The first-order valence-electron chi connectivity index (χ1n) is 8.30. The lowest BCUT2D eigenvalue weighted by Gasteiger charge is -2.36. The maximum Gasteiger partial charge on any atom is 0.123 e. The van der Waals surface area contributed by atoms with Crippen LogP contribution in [0, 0.1) is 5.82 Å². The van der Waals surface area contributed by atoms with Crippen LogP contribution in [-0.4, -0.2) is 55.6 Å². The molecule has 5 heteroatoms. The van der Waals surface area contributed by atoms with E-state index in [-0.39, 0.29) is 5.82 Å². The molecule has 0 amide bonds. The van der Waals surface area contributed by atoms with E-state index in [0.717, 1.165) is 63.6 Å². The predicted molar refractivity (Wildman–Crippen MR) is 92.7 cm³/mol. The molecule has 124 valence electrons. The number of allylic oxidation sites excluding steroid dienone is 2. The van der Waals surface area contributed by atoms with Gasteiger partial charge in [-0.05, 0) is 55.6 Å². The molecule has 23 heavy (non-hydrogen) atoms. The fourth-order valence-electron chi connectivity index (χ4n) is 3.16. The normalized spacial score (nSPS) is 19.1. The van der Waals surface area contributed by atoms with Gasteiger partial charge in [-0.15, -0.1) is 0 Å². The molecule has 2 N–H and O–H groups in total. The maximum absolute atomic E-state index is 13.0. The minimum absolute atomic E-state index is 0.172. The van der Waals surface area contributed by atoms with Crippen LogP contribution in [0.3, 0.4) is 0 Å². The Morgan fingerprint density at radius 2 is 1.74 bits per heavy atom. The molecule has 4 nitrogen and oxygen atoms in total. The van der Waals surface area contributed by atoms with E-state index in [4.69, 9.17) is 5.73 Å². The number of hydrogen-bond donors (Lipinski definition) is 1. The number of benzene rings is 1. The molecule has 0 unspecified atom stereocenters. The monoisotopic (exact) mass is 316 g/mol. The highest BCUT2D eigenvalue weighted by Gasteiger charge is 2.17. The first kappa shape index (κ1) is 15.9. The summed E-state index contributed by atoms with van der Waals surface area (Å²) >= 11 is 0. The van der Waals surface area contributed by atoms with Gasteiger partial charge in [-0.3, -0.25) is 4.90 Å². The van der Waals surface area contributed by atoms with Crippen LogP contribution in [0.4, 0.5) is 10.1 Å². The largest absolute Gasteiger partial charge is 0.401 e. The van der Waals surface area contributed by atoms with Gasteiger partial charge in [0.2, 0.25) is 0 Å². The molecule has 2 heterocycles. The van der Waals surface area contributed by atoms with Gasteiger partial charge in [0.05, 0.1) is 6.54 Å². The number of nitrogens with zero attached hydrogens (tertiary/aromatic N) is 3. The topological polar surface area (TPSA) is 35.7 Å². The zero-order chi connectivity index (χ0) is 16.1. The van der Waals surface area contributed by atoms with Gasteiger partial charge < -0.3 is 15.5 Å². The number of nitrogens with two attached hydrogens (primary N) is 1. The third-order valence-corrected chi connectivity index (χ3v) is 4.48. The van der Waals surface area contributed by atoms with Gasteiger partial charge in [-0.2, -0.15) is 0 Å². The van der Waals surface area contributed by atoms with Gasteiger partial charge in [-0.1, -0.05) is 0 Å². The van der Waals surface area contributed by atoms with Crippen LogP contribution in [-0.2, 0) is 0 Å². The molecule has 2 aliphatic heterocycles. The Balaban J connectivity index is 1.37. The third kappa shape index (κ3) is 4.48. The molecule has 0 aromatic heterocycles. The summed E-state index contributed by atoms with van der Waals surface area (Å²) in [6.07, 6.45) is 7.24. The molecule has 1 fully saturated rings. The van der Waals surface area contributed by atoms with Crippen LogP contribution >= 0.6 is 0 Å². The fourth-order valence-corrected chi connectivity index (χ4v) is 3.16. The van der Waals surface area contributed by atoms with E-state index in [9.17, 15) is 4.39 Å². The molecule has 0 bridgehead atoms. The SMILES string of the molecule is NC1=CC=CN(CCCN2CCN(c3ccc(F)cc3)CC2)C1. The molecule has 0 atom stereocenters. The Kier molecular flexibility index (Phi) is 5.18. The maximum atomic E-state index is 13.0. The number of piperazine rings is 1. The summed E-state index contributed by atoms with van der Waals surface area (Å²) in [4.78, 5) is 7.10. The predicted octanol–water partition coefficient (Wildman–Crippen LogP) is 2.01. The molecule has 1 saturated heterocycles. The van der Waals surface area contributed by atoms with Crippen molar-refractivity contribution in [2.75, 3.05) is 50.7 Å². The summed E-state index contributed by atoms with van der Waals surface area (Å²) in [5.41, 5.74) is 7.90. The average Bonchev–Trinajstić information content (AvgIpc) is 2.56. The molecule has 0 radical (unpaired) electrons. The molecule has 3 rings (SSSR count). The van der Waals surface area contributed by atoms with Crippen molar-refractivity contribution in [1.29, 1.82) is 0 Å². The van der Waals surface area contributed by atoms with Gasteiger partial charge in [0.15, 0.2) is 0 Å². The standard InChI is InChI=1S/C18H25FN4/c19-16-4-6-18(7-5-16)23-13-11-21(12-14-23)9-2-10-22-8-1-3-17(20)15-22/h1,3-8H,2,9-15,20H2. The summed E-state index contributed by atoms with van der Waals surface area (Å²) in [6, 6.07) is 6.80. The fraction of sp³-hybridized carbons (Fsp3) is 0.444. The Morgan fingerprint density at radius 3 is 2.43 bits per heavy atom. The molecule has 0 spiro atoms. The van der Waals surface area contributed by atoms with E-state index in [1.54, 1.807) is 0 Å². The number of halogens is 1. The molecular weight excluding hydrogens is 291 g/mol. The Labute approximate surface area is 137 Å². The Bertz CT molecular complexity index is 559. The number of anilines is 1. The lowest BCUT2D eigenvalue weighted by molar-refractivity contribution is 0.242. The van der Waals surface area contributed by atoms with Gasteiger partial charge in [0.25, 0.3) is 0 Å². The molecule has 0 aliphatic carbocycles. The minimum atomic E-state index is -0.172. The first-order chi connectivity index (χ1) is 11.2. The summed E-state index contributed by atoms with van der Waals surface area (Å²) in [5.74, 6) is -0.172. The zero-order valence-electron chi connectivity index (χ0n) is 13.5. The number of hydrogen-bond acceptors (Lipinski definition) is 4. The Hall–Kier alpha value is -2.01. The minimum Gasteiger partial charge on any atom is -0.401 e. The second kappa shape index (κ2) is 7.51. The van der Waals surface area contributed by atoms with E-state index in [0.29, 0.717) is 0 Å². The van der Waals surface area contributed by atoms with Crippen molar-refractivity contribution < 1.29 is 4.39 Å². The van der Waals surface area contributed by atoms with Crippen molar-refractivity contribution in [2.24, 2.45) is 5.73 Å². The third-order valence-electron chi connectivity index (χ3n) is 4.48. The van der Waals surface area contributed by atoms with Crippen LogP contribution in [0.2, 0.25) is 0 Å². The lowest BCUT2D eigenvalue weighted by Crippen LogP contribution is -2.47. The molecular formula is C18H25FN4. The summed E-state index contributed by atoms with van der Waals surface area (Å²) in [5, 5.41) is 0. The smallest absolute Gasteiger partial charge is 0.123 e. The van der Waals surface area contributed by atoms with Gasteiger partial charge in [0, 0.05) is 44.1 Å². The van der Waals surface area contributed by atoms with Crippen molar-refractivity contribution in [2.45, 2.75) is 6.42 Å². The molecule has 0 saturated carbocycles. The average molecular weight is 316 g/mol. The van der Waals surface area contributed by atoms with Crippen molar-refractivity contribution in [1.82, 2.24) is 9.80 Å². The lowest BCUT2D eigenvalue weighted by atomic mass is 10.2. The van der Waals surface area contributed by atoms with E-state index in [2.05, 4.69) is 20.9 Å². The van der Waals surface area contributed by atoms with Gasteiger partial charge >= 0.3 is 0 Å². The summed E-state index contributed by atoms with van der Waals surface area (Å²) in [7, 11) is 0. The Morgan fingerprint density at radius 1 is 1.00 bits per heavy atom.